The van der Waals surface area contributed by atoms with Crippen molar-refractivity contribution in [3.8, 4) is 0 Å². The van der Waals surface area contributed by atoms with Crippen molar-refractivity contribution in [3.05, 3.63) is 22.2 Å². The molecule has 0 aliphatic rings. The SMILES string of the molecule is CCCNc1ccc([N+](=O)[O-])c(N(CCO)CCO)n1. The summed E-state index contributed by atoms with van der Waals surface area (Å²) in [5.41, 5.74) is -0.144. The second-order valence-electron chi connectivity index (χ2n) is 4.16. The smallest absolute Gasteiger partial charge is 0.311 e. The molecule has 0 fully saturated rings. The van der Waals surface area contributed by atoms with Crippen LogP contribution in [0.1, 0.15) is 13.3 Å². The van der Waals surface area contributed by atoms with E-state index in [-0.39, 0.29) is 37.8 Å². The summed E-state index contributed by atoms with van der Waals surface area (Å²) in [5.74, 6) is 0.688. The third-order valence-corrected chi connectivity index (χ3v) is 2.65. The molecule has 0 aromatic carbocycles. The Hall–Kier alpha value is -1.93. The van der Waals surface area contributed by atoms with Crippen LogP contribution in [-0.2, 0) is 0 Å². The van der Waals surface area contributed by atoms with Crippen LogP contribution in [0.15, 0.2) is 12.1 Å². The van der Waals surface area contributed by atoms with Crippen molar-refractivity contribution >= 4 is 17.3 Å². The molecule has 3 N–H and O–H groups in total. The molecule has 0 aliphatic heterocycles. The topological polar surface area (TPSA) is 112 Å². The maximum absolute atomic E-state index is 11.1. The molecule has 1 rings (SSSR count). The number of nitro groups is 1. The van der Waals surface area contributed by atoms with Crippen LogP contribution >= 0.6 is 0 Å². The van der Waals surface area contributed by atoms with Gasteiger partial charge in [-0.2, -0.15) is 0 Å². The Kier molecular flexibility index (Phi) is 6.68. The maximum Gasteiger partial charge on any atom is 0.311 e. The van der Waals surface area contributed by atoms with Gasteiger partial charge in [-0.1, -0.05) is 6.92 Å². The standard InChI is InChI=1S/C12H20N4O4/c1-2-5-13-11-4-3-10(16(19)20)12(14-11)15(6-8-17)7-9-18/h3-4,17-18H,2,5-9H2,1H3,(H,13,14). The molecule has 0 aliphatic carbocycles. The molecule has 1 aromatic rings. The second-order valence-corrected chi connectivity index (χ2v) is 4.16. The molecule has 8 heteroatoms. The number of hydrogen-bond donors (Lipinski definition) is 3. The van der Waals surface area contributed by atoms with Crippen molar-refractivity contribution in [2.24, 2.45) is 0 Å². The highest BCUT2D eigenvalue weighted by molar-refractivity contribution is 5.61. The molecule has 1 heterocycles. The van der Waals surface area contributed by atoms with Gasteiger partial charge in [0.1, 0.15) is 5.82 Å². The number of pyridine rings is 1. The normalized spacial score (nSPS) is 10.3. The van der Waals surface area contributed by atoms with Gasteiger partial charge in [-0.3, -0.25) is 10.1 Å². The summed E-state index contributed by atoms with van der Waals surface area (Å²) in [4.78, 5) is 16.2. The fraction of sp³-hybridized carbons (Fsp3) is 0.583. The zero-order valence-corrected chi connectivity index (χ0v) is 11.4. The lowest BCUT2D eigenvalue weighted by Gasteiger charge is -2.22. The highest BCUT2D eigenvalue weighted by Gasteiger charge is 2.21. The number of anilines is 2. The van der Waals surface area contributed by atoms with Gasteiger partial charge in [-0.25, -0.2) is 4.98 Å². The second kappa shape index (κ2) is 8.28. The lowest BCUT2D eigenvalue weighted by molar-refractivity contribution is -0.384. The van der Waals surface area contributed by atoms with Gasteiger partial charge in [0.25, 0.3) is 0 Å². The molecular weight excluding hydrogens is 264 g/mol. The van der Waals surface area contributed by atoms with Crippen LogP contribution in [0.4, 0.5) is 17.3 Å². The molecule has 0 amide bonds. The number of nitrogens with zero attached hydrogens (tertiary/aromatic N) is 3. The van der Waals surface area contributed by atoms with E-state index in [1.807, 2.05) is 6.92 Å². The first-order valence-corrected chi connectivity index (χ1v) is 6.50. The summed E-state index contributed by atoms with van der Waals surface area (Å²) < 4.78 is 0. The lowest BCUT2D eigenvalue weighted by Crippen LogP contribution is -2.31. The zero-order valence-electron chi connectivity index (χ0n) is 11.4. The number of rotatable bonds is 9. The predicted molar refractivity (Wildman–Crippen MR) is 76.1 cm³/mol. The van der Waals surface area contributed by atoms with Gasteiger partial charge in [0.05, 0.1) is 18.1 Å². The van der Waals surface area contributed by atoms with Crippen LogP contribution in [0.3, 0.4) is 0 Å². The molecular formula is C12H20N4O4. The minimum Gasteiger partial charge on any atom is -0.395 e. The Morgan fingerprint density at radius 3 is 2.50 bits per heavy atom. The molecule has 20 heavy (non-hydrogen) atoms. The first kappa shape index (κ1) is 16.1. The molecule has 0 spiro atoms. The van der Waals surface area contributed by atoms with E-state index in [2.05, 4.69) is 10.3 Å². The van der Waals surface area contributed by atoms with Crippen LogP contribution < -0.4 is 10.2 Å². The van der Waals surface area contributed by atoms with Crippen molar-refractivity contribution < 1.29 is 15.1 Å². The Morgan fingerprint density at radius 1 is 1.35 bits per heavy atom. The molecule has 8 nitrogen and oxygen atoms in total. The van der Waals surface area contributed by atoms with Crippen molar-refractivity contribution in [1.29, 1.82) is 0 Å². The van der Waals surface area contributed by atoms with Gasteiger partial charge < -0.3 is 20.4 Å². The number of hydrogen-bond acceptors (Lipinski definition) is 7. The van der Waals surface area contributed by atoms with E-state index in [9.17, 15) is 10.1 Å². The minimum absolute atomic E-state index is 0.144. The Morgan fingerprint density at radius 2 is 2.00 bits per heavy atom. The average molecular weight is 284 g/mol. The van der Waals surface area contributed by atoms with Crippen LogP contribution in [0, 0.1) is 10.1 Å². The van der Waals surface area contributed by atoms with Crippen molar-refractivity contribution in [3.63, 3.8) is 0 Å². The molecule has 0 unspecified atom stereocenters. The van der Waals surface area contributed by atoms with E-state index in [1.165, 1.54) is 11.0 Å². The van der Waals surface area contributed by atoms with Gasteiger partial charge in [-0.05, 0) is 12.5 Å². The van der Waals surface area contributed by atoms with Gasteiger partial charge in [0.15, 0.2) is 0 Å². The number of aliphatic hydroxyl groups is 2. The van der Waals surface area contributed by atoms with Crippen LogP contribution in [0.5, 0.6) is 0 Å². The molecule has 0 atom stereocenters. The lowest BCUT2D eigenvalue weighted by atomic mass is 10.3. The quantitative estimate of drug-likeness (QED) is 0.449. The molecule has 112 valence electrons. The van der Waals surface area contributed by atoms with E-state index >= 15 is 0 Å². The van der Waals surface area contributed by atoms with Crippen LogP contribution in [-0.4, -0.2) is 53.0 Å². The molecule has 1 aromatic heterocycles. The van der Waals surface area contributed by atoms with E-state index in [0.717, 1.165) is 6.42 Å². The van der Waals surface area contributed by atoms with Crippen LogP contribution in [0.25, 0.3) is 0 Å². The molecule has 0 saturated heterocycles. The maximum atomic E-state index is 11.1. The van der Waals surface area contributed by atoms with E-state index < -0.39 is 4.92 Å². The summed E-state index contributed by atoms with van der Waals surface area (Å²) in [6, 6.07) is 2.93. The fourth-order valence-electron chi connectivity index (χ4n) is 1.73. The summed E-state index contributed by atoms with van der Waals surface area (Å²) >= 11 is 0. The first-order valence-electron chi connectivity index (χ1n) is 6.50. The summed E-state index contributed by atoms with van der Waals surface area (Å²) in [6.45, 7) is 2.71. The summed E-state index contributed by atoms with van der Waals surface area (Å²) in [7, 11) is 0. The van der Waals surface area contributed by atoms with E-state index in [4.69, 9.17) is 10.2 Å². The Labute approximate surface area is 117 Å². The largest absolute Gasteiger partial charge is 0.395 e. The van der Waals surface area contributed by atoms with Gasteiger partial charge >= 0.3 is 5.69 Å². The van der Waals surface area contributed by atoms with Crippen molar-refractivity contribution in [2.45, 2.75) is 13.3 Å². The highest BCUT2D eigenvalue weighted by Crippen LogP contribution is 2.27. The van der Waals surface area contributed by atoms with Gasteiger partial charge in [0.2, 0.25) is 5.82 Å². The first-order chi connectivity index (χ1) is 9.63. The highest BCUT2D eigenvalue weighted by atomic mass is 16.6. The molecule has 0 bridgehead atoms. The van der Waals surface area contributed by atoms with Crippen LogP contribution in [0.2, 0.25) is 0 Å². The average Bonchev–Trinajstić information content (AvgIpc) is 2.44. The molecule has 0 saturated carbocycles. The minimum atomic E-state index is -0.520. The van der Waals surface area contributed by atoms with Gasteiger partial charge in [0, 0.05) is 25.7 Å². The fourth-order valence-corrected chi connectivity index (χ4v) is 1.73. The summed E-state index contributed by atoms with van der Waals surface area (Å²) in [6.07, 6.45) is 0.908. The van der Waals surface area contributed by atoms with E-state index in [0.29, 0.717) is 12.4 Å². The number of nitrogens with one attached hydrogen (secondary N) is 1. The Bertz CT molecular complexity index is 435. The molecule has 0 radical (unpaired) electrons. The number of aromatic nitrogens is 1. The van der Waals surface area contributed by atoms with E-state index in [1.54, 1.807) is 6.07 Å². The number of aliphatic hydroxyl groups excluding tert-OH is 2. The van der Waals surface area contributed by atoms with Crippen molar-refractivity contribution in [1.82, 2.24) is 4.98 Å². The third-order valence-electron chi connectivity index (χ3n) is 2.65. The van der Waals surface area contributed by atoms with Crippen molar-refractivity contribution in [2.75, 3.05) is 43.1 Å². The van der Waals surface area contributed by atoms with Gasteiger partial charge in [-0.15, -0.1) is 0 Å². The summed E-state index contributed by atoms with van der Waals surface area (Å²) in [5, 5.41) is 32.2. The zero-order chi connectivity index (χ0) is 15.0. The predicted octanol–water partition coefficient (Wildman–Crippen LogP) is 0.603. The third kappa shape index (κ3) is 4.32. The Balaban J connectivity index is 3.11. The monoisotopic (exact) mass is 284 g/mol.